The Balaban J connectivity index is 2.35. The van der Waals surface area contributed by atoms with E-state index in [-0.39, 0.29) is 5.56 Å². The number of carboxylic acid groups (broad SMARTS) is 1. The van der Waals surface area contributed by atoms with Crippen LogP contribution < -0.4 is 0 Å². The molecule has 2 N–H and O–H groups in total. The Morgan fingerprint density at radius 1 is 1.11 bits per heavy atom. The summed E-state index contributed by atoms with van der Waals surface area (Å²) in [7, 11) is 0. The predicted octanol–water partition coefficient (Wildman–Crippen LogP) is 2.70. The van der Waals surface area contributed by atoms with Crippen LogP contribution in [0.1, 0.15) is 10.4 Å². The highest BCUT2D eigenvalue weighted by Gasteiger charge is 2.25. The van der Waals surface area contributed by atoms with Crippen molar-refractivity contribution in [1.82, 2.24) is 4.98 Å². The number of benzene rings is 1. The Kier molecular flexibility index (Phi) is 2.45. The van der Waals surface area contributed by atoms with Gasteiger partial charge in [-0.15, -0.1) is 0 Å². The average molecular weight is 255 g/mol. The molecule has 0 aliphatic carbocycles. The van der Waals surface area contributed by atoms with Crippen molar-refractivity contribution in [3.8, 4) is 11.5 Å². The number of furan rings is 1. The van der Waals surface area contributed by atoms with E-state index in [2.05, 4.69) is 4.98 Å². The number of carbonyl (C=O) groups is 2. The molecular formula is C14H9NO4. The zero-order valence-electron chi connectivity index (χ0n) is 9.71. The monoisotopic (exact) mass is 255 g/mol. The highest BCUT2D eigenvalue weighted by molar-refractivity contribution is 6.43. The zero-order valence-corrected chi connectivity index (χ0v) is 9.71. The Bertz CT molecular complexity index is 768. The molecule has 0 unspecified atom stereocenters. The smallest absolute Gasteiger partial charge is 0.377 e. The van der Waals surface area contributed by atoms with Gasteiger partial charge in [0.2, 0.25) is 0 Å². The number of Topliss-reactive ketones (excluding diaryl/α,β-unsaturated/α-hetero) is 1. The molecule has 3 aromatic rings. The van der Waals surface area contributed by atoms with E-state index in [1.54, 1.807) is 36.4 Å². The number of para-hydroxylation sites is 1. The number of fused-ring (bicyclic) bond motifs is 1. The van der Waals surface area contributed by atoms with E-state index in [1.165, 1.54) is 6.26 Å². The van der Waals surface area contributed by atoms with Crippen molar-refractivity contribution in [2.75, 3.05) is 0 Å². The first-order valence-corrected chi connectivity index (χ1v) is 5.60. The minimum absolute atomic E-state index is 0.123. The maximum atomic E-state index is 11.9. The second kappa shape index (κ2) is 4.13. The fraction of sp³-hybridized carbons (Fsp3) is 0. The molecule has 0 spiro atoms. The fourth-order valence-corrected chi connectivity index (χ4v) is 2.09. The van der Waals surface area contributed by atoms with Gasteiger partial charge in [-0.3, -0.25) is 4.79 Å². The summed E-state index contributed by atoms with van der Waals surface area (Å²) in [6, 6.07) is 10.4. The van der Waals surface area contributed by atoms with E-state index in [1.807, 2.05) is 0 Å². The molecule has 19 heavy (non-hydrogen) atoms. The van der Waals surface area contributed by atoms with Crippen molar-refractivity contribution in [2.45, 2.75) is 0 Å². The Morgan fingerprint density at radius 3 is 2.58 bits per heavy atom. The van der Waals surface area contributed by atoms with Gasteiger partial charge in [0.05, 0.1) is 17.5 Å². The number of aromatic nitrogens is 1. The minimum atomic E-state index is -1.49. The maximum Gasteiger partial charge on any atom is 0.377 e. The Hall–Kier alpha value is -2.82. The molecule has 0 amide bonds. The number of rotatable bonds is 3. The van der Waals surface area contributed by atoms with E-state index < -0.39 is 11.8 Å². The lowest BCUT2D eigenvalue weighted by molar-refractivity contribution is -0.131. The number of hydrogen-bond acceptors (Lipinski definition) is 3. The molecule has 0 saturated carbocycles. The van der Waals surface area contributed by atoms with Crippen molar-refractivity contribution >= 4 is 22.7 Å². The third-order valence-electron chi connectivity index (χ3n) is 2.89. The number of carbonyl (C=O) groups excluding carboxylic acids is 1. The summed E-state index contributed by atoms with van der Waals surface area (Å²) in [5.74, 6) is -2.01. The molecule has 5 nitrogen and oxygen atoms in total. The van der Waals surface area contributed by atoms with Gasteiger partial charge in [0, 0.05) is 10.9 Å². The molecular weight excluding hydrogens is 246 g/mol. The van der Waals surface area contributed by atoms with Gasteiger partial charge >= 0.3 is 5.97 Å². The maximum absolute atomic E-state index is 11.9. The van der Waals surface area contributed by atoms with E-state index in [0.29, 0.717) is 22.4 Å². The lowest BCUT2D eigenvalue weighted by Gasteiger charge is -1.98. The first kappa shape index (κ1) is 11.3. The van der Waals surface area contributed by atoms with Gasteiger partial charge in [0.25, 0.3) is 5.78 Å². The summed E-state index contributed by atoms with van der Waals surface area (Å²) in [6.07, 6.45) is 1.47. The van der Waals surface area contributed by atoms with Crippen LogP contribution in [0.3, 0.4) is 0 Å². The van der Waals surface area contributed by atoms with E-state index in [9.17, 15) is 9.59 Å². The number of aliphatic carboxylic acids is 1. The summed E-state index contributed by atoms with van der Waals surface area (Å²) in [4.78, 5) is 25.9. The molecule has 0 saturated heterocycles. The molecule has 0 radical (unpaired) electrons. The van der Waals surface area contributed by atoms with Gasteiger partial charge < -0.3 is 14.5 Å². The van der Waals surface area contributed by atoms with Crippen LogP contribution in [0, 0.1) is 0 Å². The molecule has 2 aromatic heterocycles. The lowest BCUT2D eigenvalue weighted by Crippen LogP contribution is -2.13. The van der Waals surface area contributed by atoms with Crippen molar-refractivity contribution in [3.05, 3.63) is 48.2 Å². The fourth-order valence-electron chi connectivity index (χ4n) is 2.09. The number of hydrogen-bond donors (Lipinski definition) is 2. The highest BCUT2D eigenvalue weighted by atomic mass is 16.4. The average Bonchev–Trinajstić information content (AvgIpc) is 3.04. The van der Waals surface area contributed by atoms with Crippen LogP contribution >= 0.6 is 0 Å². The molecule has 0 aliphatic rings. The van der Waals surface area contributed by atoms with Gasteiger partial charge in [-0.1, -0.05) is 18.2 Å². The third kappa shape index (κ3) is 1.72. The molecule has 5 heteroatoms. The third-order valence-corrected chi connectivity index (χ3v) is 2.89. The zero-order chi connectivity index (χ0) is 13.4. The quantitative estimate of drug-likeness (QED) is 0.556. The molecule has 0 aliphatic heterocycles. The normalized spacial score (nSPS) is 10.7. The topological polar surface area (TPSA) is 83.3 Å². The van der Waals surface area contributed by atoms with Crippen molar-refractivity contribution in [1.29, 1.82) is 0 Å². The summed E-state index contributed by atoms with van der Waals surface area (Å²) in [5.41, 5.74) is 1.20. The van der Waals surface area contributed by atoms with Crippen molar-refractivity contribution in [2.24, 2.45) is 0 Å². The standard InChI is InChI=1S/C14H9NO4/c16-13(14(17)18)11-8-4-1-2-5-9(8)15-12(11)10-6-3-7-19-10/h1-7,15H,(H,17,18). The van der Waals surface area contributed by atoms with Crippen LogP contribution in [0.25, 0.3) is 22.4 Å². The summed E-state index contributed by atoms with van der Waals surface area (Å²) >= 11 is 0. The van der Waals surface area contributed by atoms with E-state index in [0.717, 1.165) is 0 Å². The van der Waals surface area contributed by atoms with Gasteiger partial charge in [-0.2, -0.15) is 0 Å². The molecule has 3 rings (SSSR count). The molecule has 2 heterocycles. The van der Waals surface area contributed by atoms with Crippen LogP contribution in [0.5, 0.6) is 0 Å². The largest absolute Gasteiger partial charge is 0.475 e. The number of H-pyrrole nitrogens is 1. The molecule has 0 fully saturated rings. The second-order valence-corrected chi connectivity index (χ2v) is 4.03. The van der Waals surface area contributed by atoms with Crippen LogP contribution in [0.15, 0.2) is 47.1 Å². The molecule has 0 atom stereocenters. The number of nitrogens with one attached hydrogen (secondary N) is 1. The molecule has 0 bridgehead atoms. The van der Waals surface area contributed by atoms with Crippen LogP contribution in [-0.2, 0) is 4.79 Å². The number of carboxylic acids is 1. The Labute approximate surface area is 107 Å². The molecule has 1 aromatic carbocycles. The van der Waals surface area contributed by atoms with Gasteiger partial charge in [0.15, 0.2) is 5.76 Å². The van der Waals surface area contributed by atoms with Gasteiger partial charge in [-0.25, -0.2) is 4.79 Å². The van der Waals surface area contributed by atoms with Crippen LogP contribution in [-0.4, -0.2) is 21.8 Å². The lowest BCUT2D eigenvalue weighted by atomic mass is 10.1. The highest BCUT2D eigenvalue weighted by Crippen LogP contribution is 2.30. The van der Waals surface area contributed by atoms with E-state index >= 15 is 0 Å². The number of ketones is 1. The minimum Gasteiger partial charge on any atom is -0.475 e. The van der Waals surface area contributed by atoms with Gasteiger partial charge in [0.1, 0.15) is 0 Å². The van der Waals surface area contributed by atoms with E-state index in [4.69, 9.17) is 9.52 Å². The number of aromatic amines is 1. The van der Waals surface area contributed by atoms with Crippen molar-refractivity contribution in [3.63, 3.8) is 0 Å². The first-order valence-electron chi connectivity index (χ1n) is 5.60. The SMILES string of the molecule is O=C(O)C(=O)c1c(-c2ccco2)[nH]c2ccccc12. The molecule has 94 valence electrons. The predicted molar refractivity (Wildman–Crippen MR) is 68.0 cm³/mol. The summed E-state index contributed by atoms with van der Waals surface area (Å²) < 4.78 is 5.24. The Morgan fingerprint density at radius 2 is 1.89 bits per heavy atom. The van der Waals surface area contributed by atoms with Gasteiger partial charge in [-0.05, 0) is 18.2 Å². The van der Waals surface area contributed by atoms with Crippen LogP contribution in [0.4, 0.5) is 0 Å². The summed E-state index contributed by atoms with van der Waals surface area (Å²) in [6.45, 7) is 0. The second-order valence-electron chi connectivity index (χ2n) is 4.03. The van der Waals surface area contributed by atoms with Crippen LogP contribution in [0.2, 0.25) is 0 Å². The summed E-state index contributed by atoms with van der Waals surface area (Å²) in [5, 5.41) is 9.51. The first-order chi connectivity index (χ1) is 9.18. The van der Waals surface area contributed by atoms with Crippen molar-refractivity contribution < 1.29 is 19.1 Å².